The van der Waals surface area contributed by atoms with Crippen LogP contribution in [-0.4, -0.2) is 95.9 Å². The second kappa shape index (κ2) is 87.9. The Labute approximate surface area is 700 Å². The maximum Gasteiger partial charge on any atom is 0.472 e. The van der Waals surface area contributed by atoms with Crippen LogP contribution in [0.15, 0.2) is 182 Å². The molecule has 0 bridgehead atoms. The van der Waals surface area contributed by atoms with E-state index in [0.717, 1.165) is 186 Å². The Balaban J connectivity index is 4.71. The second-order valence-electron chi connectivity index (χ2n) is 29.6. The molecule has 0 fully saturated rings. The lowest BCUT2D eigenvalue weighted by atomic mass is 10.0. The maximum absolute atomic E-state index is 13.1. The fourth-order valence-electron chi connectivity index (χ4n) is 11.8. The lowest BCUT2D eigenvalue weighted by molar-refractivity contribution is -0.161. The molecule has 5 unspecified atom stereocenters. The Hall–Kier alpha value is -5.35. The van der Waals surface area contributed by atoms with Crippen LogP contribution in [0.2, 0.25) is 0 Å². The molecule has 4 N–H and O–H groups in total. The van der Waals surface area contributed by atoms with Crippen LogP contribution in [0.4, 0.5) is 0 Å². The highest BCUT2D eigenvalue weighted by Crippen LogP contribution is 2.45. The van der Waals surface area contributed by atoms with Gasteiger partial charge >= 0.3 is 33.6 Å². The van der Waals surface area contributed by atoms with Crippen LogP contribution in [0, 0.1) is 0 Å². The largest absolute Gasteiger partial charge is 0.472 e. The number of unbranched alkanes of at least 4 members (excludes halogenated alkanes) is 31. The minimum absolute atomic E-state index is 0.0804. The molecule has 0 saturated heterocycles. The minimum Gasteiger partial charge on any atom is -0.463 e. The molecule has 5 atom stereocenters. The van der Waals surface area contributed by atoms with Gasteiger partial charge in [-0.05, 0) is 161 Å². The number of aliphatic hydroxyl groups is 2. The van der Waals surface area contributed by atoms with Gasteiger partial charge in [-0.15, -0.1) is 0 Å². The van der Waals surface area contributed by atoms with Gasteiger partial charge in [0.2, 0.25) is 0 Å². The number of hydrogen-bond donors (Lipinski definition) is 4. The van der Waals surface area contributed by atoms with E-state index in [9.17, 15) is 43.5 Å². The standard InChI is InChI=1S/C97H162O16P2/c1-4-7-10-13-16-19-22-25-28-31-34-37-40-43-45-48-50-53-56-59-62-65-68-71-74-77-80-83-95(100)107-86-92(98)87-109-114(103,104)110-88-93(99)89-111-115(105,106)112-91-94(113-97(102)85-82-79-76-73-70-67-64-61-58-55-52-47-42-39-36-33-30-27-24-21-18-15-12-9-6-3)90-108-96(101)84-81-78-75-72-69-66-63-60-57-54-51-49-46-44-41-38-35-32-29-26-23-20-17-14-11-8-5-2/h7,9-10,12,16-21,25-30,34-39,43-47,52,58,61,92-94,98-99H,4-6,8,11,13-15,22-24,31-33,40-42,48-51,53-57,59-60,62-91H2,1-3H3,(H,103,104)(H,105,106)/b10-7-,12-9-,19-16-,20-17-,21-18-,28-25-,29-26-,30-27-,37-34-,38-35-,39-36-,45-43-,46-44-,52-47-,61-58-. The summed E-state index contributed by atoms with van der Waals surface area (Å²) in [6.45, 7) is 2.43. The lowest BCUT2D eigenvalue weighted by Crippen LogP contribution is -2.30. The molecule has 0 aromatic heterocycles. The summed E-state index contributed by atoms with van der Waals surface area (Å²) in [5, 5.41) is 20.7. The van der Waals surface area contributed by atoms with Gasteiger partial charge < -0.3 is 34.2 Å². The van der Waals surface area contributed by atoms with Gasteiger partial charge in [0.1, 0.15) is 25.4 Å². The molecule has 656 valence electrons. The maximum atomic E-state index is 13.1. The molecule has 0 amide bonds. The zero-order valence-corrected chi connectivity index (χ0v) is 73.9. The van der Waals surface area contributed by atoms with E-state index in [1.54, 1.807) is 0 Å². The molecule has 0 aliphatic rings. The minimum atomic E-state index is -4.95. The normalized spacial score (nSPS) is 14.7. The molecule has 0 aliphatic carbocycles. The fourth-order valence-corrected chi connectivity index (χ4v) is 13.4. The Morgan fingerprint density at radius 1 is 0.252 bits per heavy atom. The topological polar surface area (TPSA) is 231 Å². The van der Waals surface area contributed by atoms with Crippen LogP contribution in [0.25, 0.3) is 0 Å². The van der Waals surface area contributed by atoms with Crippen molar-refractivity contribution in [3.05, 3.63) is 182 Å². The van der Waals surface area contributed by atoms with E-state index in [1.807, 2.05) is 0 Å². The van der Waals surface area contributed by atoms with Crippen LogP contribution in [-0.2, 0) is 55.8 Å². The number of hydrogen-bond acceptors (Lipinski definition) is 14. The molecular formula is C97H162O16P2. The van der Waals surface area contributed by atoms with Gasteiger partial charge in [0.25, 0.3) is 0 Å². The average molecular weight is 1650 g/mol. The highest BCUT2D eigenvalue weighted by molar-refractivity contribution is 7.47. The third-order valence-corrected chi connectivity index (χ3v) is 20.5. The van der Waals surface area contributed by atoms with Gasteiger partial charge in [-0.25, -0.2) is 9.13 Å². The first-order valence-corrected chi connectivity index (χ1v) is 48.1. The number of aliphatic hydroxyl groups excluding tert-OH is 2. The van der Waals surface area contributed by atoms with E-state index in [1.165, 1.54) is 109 Å². The zero-order valence-electron chi connectivity index (χ0n) is 72.1. The van der Waals surface area contributed by atoms with Crippen LogP contribution in [0.5, 0.6) is 0 Å². The van der Waals surface area contributed by atoms with Crippen molar-refractivity contribution < 1.29 is 75.8 Å². The molecule has 0 spiro atoms. The van der Waals surface area contributed by atoms with Crippen LogP contribution < -0.4 is 0 Å². The summed E-state index contributed by atoms with van der Waals surface area (Å²) in [6, 6.07) is 0. The molecule has 0 saturated carbocycles. The predicted molar refractivity (Wildman–Crippen MR) is 481 cm³/mol. The van der Waals surface area contributed by atoms with E-state index >= 15 is 0 Å². The van der Waals surface area contributed by atoms with Crippen molar-refractivity contribution in [1.29, 1.82) is 0 Å². The van der Waals surface area contributed by atoms with Crippen LogP contribution in [0.3, 0.4) is 0 Å². The smallest absolute Gasteiger partial charge is 0.463 e. The summed E-state index contributed by atoms with van der Waals surface area (Å²) in [7, 11) is -9.82. The molecule has 0 aliphatic heterocycles. The first-order valence-electron chi connectivity index (χ1n) is 45.1. The third kappa shape index (κ3) is 89.3. The van der Waals surface area contributed by atoms with Crippen molar-refractivity contribution in [1.82, 2.24) is 0 Å². The van der Waals surface area contributed by atoms with E-state index in [0.29, 0.717) is 19.3 Å². The number of ether oxygens (including phenoxy) is 3. The highest BCUT2D eigenvalue weighted by atomic mass is 31.2. The third-order valence-electron chi connectivity index (χ3n) is 18.6. The van der Waals surface area contributed by atoms with Crippen molar-refractivity contribution in [3.8, 4) is 0 Å². The number of carbonyl (C=O) groups is 3. The SMILES string of the molecule is CC/C=C\C/C=C\C/C=C\C/C=C\C/C=C\C/C=C\CCCCCCCCC(=O)OC(COC(=O)CCCCCCCCCCCCC/C=C\C/C=C\C/C=C\C/C=C\CCCCC)COP(=O)(O)OCC(O)COP(=O)(O)OCC(O)COC(=O)CCCCCCCCCCCCC/C=C\C/C=C\C/C=C\C/C=C\C/C=C\CC. The van der Waals surface area contributed by atoms with E-state index in [-0.39, 0.29) is 19.3 Å². The molecule has 16 nitrogen and oxygen atoms in total. The first-order chi connectivity index (χ1) is 56.2. The molecule has 115 heavy (non-hydrogen) atoms. The van der Waals surface area contributed by atoms with Gasteiger partial charge in [0, 0.05) is 19.3 Å². The first kappa shape index (κ1) is 110. The molecule has 18 heteroatoms. The monoisotopic (exact) mass is 1650 g/mol. The number of allylic oxidation sites excluding steroid dienone is 30. The summed E-state index contributed by atoms with van der Waals surface area (Å²) >= 11 is 0. The van der Waals surface area contributed by atoms with Crippen LogP contribution >= 0.6 is 15.6 Å². The summed E-state index contributed by atoms with van der Waals surface area (Å²) in [4.78, 5) is 59.0. The Kier molecular flexibility index (Phi) is 83.9. The Bertz CT molecular complexity index is 2820. The number of carbonyl (C=O) groups excluding carboxylic acids is 3. The van der Waals surface area contributed by atoms with Gasteiger partial charge in [0.05, 0.1) is 26.4 Å². The second-order valence-corrected chi connectivity index (χ2v) is 32.5. The average Bonchev–Trinajstić information content (AvgIpc) is 0.889. The predicted octanol–water partition coefficient (Wildman–Crippen LogP) is 27.7. The van der Waals surface area contributed by atoms with E-state index < -0.39 is 91.5 Å². The number of esters is 3. The number of rotatable bonds is 84. The Morgan fingerprint density at radius 3 is 0.730 bits per heavy atom. The van der Waals surface area contributed by atoms with Crippen molar-refractivity contribution >= 4 is 33.6 Å². The number of phosphoric ester groups is 2. The Morgan fingerprint density at radius 2 is 0.461 bits per heavy atom. The summed E-state index contributed by atoms with van der Waals surface area (Å²) < 4.78 is 61.5. The molecule has 0 radical (unpaired) electrons. The molecule has 0 aromatic rings. The van der Waals surface area contributed by atoms with Gasteiger partial charge in [-0.2, -0.15) is 0 Å². The number of phosphoric acid groups is 2. The van der Waals surface area contributed by atoms with Crippen LogP contribution in [0.1, 0.15) is 355 Å². The quantitative estimate of drug-likeness (QED) is 0.0146. The summed E-state index contributed by atoms with van der Waals surface area (Å²) in [5.41, 5.74) is 0. The van der Waals surface area contributed by atoms with Crippen molar-refractivity contribution in [3.63, 3.8) is 0 Å². The summed E-state index contributed by atoms with van der Waals surface area (Å²) in [6.07, 6.45) is 115. The molecule has 0 aromatic carbocycles. The molecule has 0 rings (SSSR count). The van der Waals surface area contributed by atoms with Crippen molar-refractivity contribution in [2.75, 3.05) is 39.6 Å². The van der Waals surface area contributed by atoms with Crippen molar-refractivity contribution in [2.24, 2.45) is 0 Å². The van der Waals surface area contributed by atoms with E-state index in [4.69, 9.17) is 32.3 Å². The van der Waals surface area contributed by atoms with E-state index in [2.05, 4.69) is 203 Å². The lowest BCUT2D eigenvalue weighted by Gasteiger charge is -2.21. The highest BCUT2D eigenvalue weighted by Gasteiger charge is 2.29. The fraction of sp³-hybridized carbons (Fsp3) is 0.660. The molecular weight excluding hydrogens is 1480 g/mol. The van der Waals surface area contributed by atoms with Gasteiger partial charge in [-0.1, -0.05) is 357 Å². The zero-order chi connectivity index (χ0) is 83.6. The summed E-state index contributed by atoms with van der Waals surface area (Å²) in [5.74, 6) is -1.60. The van der Waals surface area contributed by atoms with Gasteiger partial charge in [0.15, 0.2) is 6.10 Å². The van der Waals surface area contributed by atoms with Gasteiger partial charge in [-0.3, -0.25) is 32.5 Å². The van der Waals surface area contributed by atoms with Crippen molar-refractivity contribution in [2.45, 2.75) is 373 Å². The molecule has 0 heterocycles.